The summed E-state index contributed by atoms with van der Waals surface area (Å²) in [4.78, 5) is 20.7. The molecule has 3 rings (SSSR count). The third kappa shape index (κ3) is 3.71. The topological polar surface area (TPSA) is 58.8 Å². The average Bonchev–Trinajstić information content (AvgIpc) is 3.23. The van der Waals surface area contributed by atoms with Gasteiger partial charge in [-0.15, -0.1) is 0 Å². The van der Waals surface area contributed by atoms with E-state index in [0.717, 1.165) is 25.3 Å². The lowest BCUT2D eigenvalue weighted by atomic mass is 10.2. The summed E-state index contributed by atoms with van der Waals surface area (Å²) in [6.07, 6.45) is 2.40. The molecule has 0 radical (unpaired) electrons. The van der Waals surface area contributed by atoms with E-state index in [4.69, 9.17) is 9.15 Å². The van der Waals surface area contributed by atoms with E-state index in [-0.39, 0.29) is 12.5 Å². The van der Waals surface area contributed by atoms with Crippen molar-refractivity contribution in [1.29, 1.82) is 0 Å². The summed E-state index contributed by atoms with van der Waals surface area (Å²) >= 11 is 0. The Morgan fingerprint density at radius 2 is 2.17 bits per heavy atom. The molecule has 1 unspecified atom stereocenters. The number of carbonyl (C=O) groups excluding carboxylic acids is 1. The van der Waals surface area contributed by atoms with Crippen LogP contribution < -0.4 is 4.74 Å². The Hall–Kier alpha value is -2.34. The molecular weight excluding hydrogens is 294 g/mol. The molecule has 0 spiro atoms. The van der Waals surface area contributed by atoms with Crippen LogP contribution in [0.4, 0.5) is 0 Å². The van der Waals surface area contributed by atoms with Crippen molar-refractivity contribution < 1.29 is 13.9 Å². The second kappa shape index (κ2) is 6.83. The number of likely N-dealkylation sites (tertiary alicyclic amines) is 1. The number of ether oxygens (including phenoxy) is 1. The Morgan fingerprint density at radius 3 is 2.87 bits per heavy atom. The lowest BCUT2D eigenvalue weighted by Crippen LogP contribution is -2.34. The number of amides is 1. The molecule has 2 heterocycles. The van der Waals surface area contributed by atoms with Crippen molar-refractivity contribution in [2.45, 2.75) is 19.1 Å². The molecule has 6 heteroatoms. The van der Waals surface area contributed by atoms with Crippen molar-refractivity contribution >= 4 is 5.91 Å². The van der Waals surface area contributed by atoms with Gasteiger partial charge in [-0.25, -0.2) is 4.98 Å². The first-order valence-electron chi connectivity index (χ1n) is 7.71. The molecule has 1 saturated heterocycles. The van der Waals surface area contributed by atoms with Crippen molar-refractivity contribution in [2.75, 3.05) is 27.2 Å². The van der Waals surface area contributed by atoms with Crippen LogP contribution in [-0.4, -0.2) is 53.9 Å². The molecule has 0 saturated carbocycles. The summed E-state index contributed by atoms with van der Waals surface area (Å²) in [5.74, 6) is 1.07. The van der Waals surface area contributed by atoms with Gasteiger partial charge in [0.1, 0.15) is 12.0 Å². The quantitative estimate of drug-likeness (QED) is 0.845. The molecule has 0 aliphatic carbocycles. The molecule has 2 aromatic rings. The maximum absolute atomic E-state index is 12.4. The van der Waals surface area contributed by atoms with Crippen molar-refractivity contribution in [2.24, 2.45) is 0 Å². The summed E-state index contributed by atoms with van der Waals surface area (Å²) < 4.78 is 10.9. The summed E-state index contributed by atoms with van der Waals surface area (Å²) in [6, 6.07) is 9.85. The molecule has 1 aromatic heterocycles. The highest BCUT2D eigenvalue weighted by Gasteiger charge is 2.29. The van der Waals surface area contributed by atoms with E-state index in [0.29, 0.717) is 17.6 Å². The zero-order chi connectivity index (χ0) is 16.2. The van der Waals surface area contributed by atoms with Gasteiger partial charge >= 0.3 is 0 Å². The van der Waals surface area contributed by atoms with Crippen LogP contribution in [0.2, 0.25) is 0 Å². The molecular formula is C17H21N3O3. The average molecular weight is 315 g/mol. The lowest BCUT2D eigenvalue weighted by molar-refractivity contribution is 0.0777. The smallest absolute Gasteiger partial charge is 0.275 e. The number of benzene rings is 1. The van der Waals surface area contributed by atoms with Crippen LogP contribution in [0.1, 0.15) is 22.8 Å². The SMILES string of the molecule is CN(C)C1CCN(C(=O)c2coc(COc3ccccc3)n2)C1. The second-order valence-electron chi connectivity index (χ2n) is 5.89. The van der Waals surface area contributed by atoms with Gasteiger partial charge in [-0.2, -0.15) is 0 Å². The second-order valence-corrected chi connectivity index (χ2v) is 5.89. The number of para-hydroxylation sites is 1. The maximum Gasteiger partial charge on any atom is 0.275 e. The molecule has 122 valence electrons. The van der Waals surface area contributed by atoms with Gasteiger partial charge in [-0.3, -0.25) is 4.79 Å². The number of carbonyl (C=O) groups is 1. The van der Waals surface area contributed by atoms with Crippen LogP contribution in [-0.2, 0) is 6.61 Å². The van der Waals surface area contributed by atoms with Crippen molar-refractivity contribution in [3.05, 3.63) is 48.2 Å². The minimum Gasteiger partial charge on any atom is -0.484 e. The minimum atomic E-state index is -0.0796. The van der Waals surface area contributed by atoms with Gasteiger partial charge in [0.2, 0.25) is 5.89 Å². The molecule has 6 nitrogen and oxygen atoms in total. The Bertz CT molecular complexity index is 654. The summed E-state index contributed by atoms with van der Waals surface area (Å²) in [5, 5.41) is 0. The molecule has 1 amide bonds. The molecule has 1 aliphatic rings. The maximum atomic E-state index is 12.4. The zero-order valence-corrected chi connectivity index (χ0v) is 13.4. The van der Waals surface area contributed by atoms with Crippen LogP contribution in [0, 0.1) is 0 Å². The number of likely N-dealkylation sites (N-methyl/N-ethyl adjacent to an activating group) is 1. The van der Waals surface area contributed by atoms with Crippen molar-refractivity contribution in [3.8, 4) is 5.75 Å². The highest BCUT2D eigenvalue weighted by Crippen LogP contribution is 2.17. The number of nitrogens with zero attached hydrogens (tertiary/aromatic N) is 3. The highest BCUT2D eigenvalue weighted by molar-refractivity contribution is 5.92. The van der Waals surface area contributed by atoms with Crippen LogP contribution in [0.3, 0.4) is 0 Å². The normalized spacial score (nSPS) is 17.7. The van der Waals surface area contributed by atoms with E-state index in [1.165, 1.54) is 6.26 Å². The zero-order valence-electron chi connectivity index (χ0n) is 13.4. The van der Waals surface area contributed by atoms with Gasteiger partial charge in [0.05, 0.1) is 0 Å². The molecule has 1 aliphatic heterocycles. The van der Waals surface area contributed by atoms with Crippen molar-refractivity contribution in [1.82, 2.24) is 14.8 Å². The van der Waals surface area contributed by atoms with Gasteiger partial charge in [0.15, 0.2) is 12.3 Å². The van der Waals surface area contributed by atoms with Gasteiger partial charge < -0.3 is 19.0 Å². The van der Waals surface area contributed by atoms with E-state index >= 15 is 0 Å². The largest absolute Gasteiger partial charge is 0.484 e. The Balaban J connectivity index is 1.57. The molecule has 1 aromatic carbocycles. The third-order valence-corrected chi connectivity index (χ3v) is 4.06. The van der Waals surface area contributed by atoms with E-state index in [1.54, 1.807) is 0 Å². The third-order valence-electron chi connectivity index (χ3n) is 4.06. The number of hydrogen-bond acceptors (Lipinski definition) is 5. The molecule has 1 fully saturated rings. The first-order valence-corrected chi connectivity index (χ1v) is 7.71. The molecule has 0 bridgehead atoms. The summed E-state index contributed by atoms with van der Waals surface area (Å²) in [7, 11) is 4.07. The highest BCUT2D eigenvalue weighted by atomic mass is 16.5. The van der Waals surface area contributed by atoms with Gasteiger partial charge in [0.25, 0.3) is 5.91 Å². The molecule has 1 atom stereocenters. The number of oxazole rings is 1. The van der Waals surface area contributed by atoms with E-state index in [1.807, 2.05) is 49.3 Å². The molecule has 0 N–H and O–H groups in total. The van der Waals surface area contributed by atoms with Crippen LogP contribution in [0.25, 0.3) is 0 Å². The predicted molar refractivity (Wildman–Crippen MR) is 85.3 cm³/mol. The van der Waals surface area contributed by atoms with E-state index < -0.39 is 0 Å². The Morgan fingerprint density at radius 1 is 1.39 bits per heavy atom. The van der Waals surface area contributed by atoms with Gasteiger partial charge in [0, 0.05) is 19.1 Å². The fourth-order valence-electron chi connectivity index (χ4n) is 2.65. The first kappa shape index (κ1) is 15.6. The summed E-state index contributed by atoms with van der Waals surface area (Å²) in [6.45, 7) is 1.69. The molecule has 23 heavy (non-hydrogen) atoms. The van der Waals surface area contributed by atoms with E-state index in [9.17, 15) is 4.79 Å². The van der Waals surface area contributed by atoms with Gasteiger partial charge in [-0.1, -0.05) is 18.2 Å². The van der Waals surface area contributed by atoms with E-state index in [2.05, 4.69) is 9.88 Å². The Kier molecular flexibility index (Phi) is 4.62. The van der Waals surface area contributed by atoms with Crippen molar-refractivity contribution in [3.63, 3.8) is 0 Å². The number of aromatic nitrogens is 1. The van der Waals surface area contributed by atoms with Crippen LogP contribution in [0.5, 0.6) is 5.75 Å². The Labute approximate surface area is 135 Å². The minimum absolute atomic E-state index is 0.0796. The fourth-order valence-corrected chi connectivity index (χ4v) is 2.65. The fraction of sp³-hybridized carbons (Fsp3) is 0.412. The number of hydrogen-bond donors (Lipinski definition) is 0. The lowest BCUT2D eigenvalue weighted by Gasteiger charge is -2.19. The standard InChI is InChI=1S/C17H21N3O3/c1-19(2)13-8-9-20(10-13)17(21)15-11-23-16(18-15)12-22-14-6-4-3-5-7-14/h3-7,11,13H,8-10,12H2,1-2H3. The number of rotatable bonds is 5. The monoisotopic (exact) mass is 315 g/mol. The van der Waals surface area contributed by atoms with Crippen LogP contribution >= 0.6 is 0 Å². The predicted octanol–water partition coefficient (Wildman–Crippen LogP) is 2.03. The summed E-state index contributed by atoms with van der Waals surface area (Å²) in [5.41, 5.74) is 0.344. The van der Waals surface area contributed by atoms with Crippen LogP contribution in [0.15, 0.2) is 41.0 Å². The van der Waals surface area contributed by atoms with Gasteiger partial charge in [-0.05, 0) is 32.6 Å². The first-order chi connectivity index (χ1) is 11.1.